The lowest BCUT2D eigenvalue weighted by Crippen LogP contribution is -2.54. The van der Waals surface area contributed by atoms with Gasteiger partial charge >= 0.3 is 6.03 Å². The smallest absolute Gasteiger partial charge is 0.335 e. The number of halogens is 1. The summed E-state index contributed by atoms with van der Waals surface area (Å²) in [6.45, 7) is 1.91. The summed E-state index contributed by atoms with van der Waals surface area (Å²) in [7, 11) is 1.41. The predicted octanol–water partition coefficient (Wildman–Crippen LogP) is 3.23. The second-order valence-corrected chi connectivity index (χ2v) is 7.16. The van der Waals surface area contributed by atoms with Crippen LogP contribution in [0.1, 0.15) is 18.1 Å². The number of anilines is 1. The zero-order valence-corrected chi connectivity index (χ0v) is 17.3. The number of barbiturate groups is 1. The number of urea groups is 1. The van der Waals surface area contributed by atoms with Crippen LogP contribution in [0.25, 0.3) is 6.08 Å². The highest BCUT2D eigenvalue weighted by Gasteiger charge is 2.37. The first kappa shape index (κ1) is 19.9. The fourth-order valence-electron chi connectivity index (χ4n) is 2.90. The van der Waals surface area contributed by atoms with E-state index in [2.05, 4.69) is 5.32 Å². The first-order valence-electron chi connectivity index (χ1n) is 8.43. The normalized spacial score (nSPS) is 15.8. The molecule has 0 spiro atoms. The molecule has 1 heterocycles. The molecule has 1 fully saturated rings. The second-order valence-electron chi connectivity index (χ2n) is 5.99. The topological polar surface area (TPSA) is 95.9 Å². The van der Waals surface area contributed by atoms with Gasteiger partial charge in [0.2, 0.25) is 0 Å². The molecule has 2 N–H and O–H groups in total. The molecule has 1 aliphatic rings. The Labute approximate surface area is 175 Å². The molecule has 7 nitrogen and oxygen atoms in total. The van der Waals surface area contributed by atoms with Gasteiger partial charge in [-0.1, -0.05) is 25.1 Å². The number of nitrogens with one attached hydrogen (secondary N) is 1. The molecule has 0 unspecified atom stereocenters. The number of phenolic OH excluding ortho intramolecular Hbond substituents is 1. The summed E-state index contributed by atoms with van der Waals surface area (Å²) >= 11 is 1.92. The van der Waals surface area contributed by atoms with Crippen molar-refractivity contribution in [3.63, 3.8) is 0 Å². The SMILES string of the molecule is CCc1ccccc1N1C(=O)NC(=O)/C(=C\c2cc(I)c(O)c(OC)c2)C1=O. The highest BCUT2D eigenvalue weighted by Crippen LogP contribution is 2.33. The first-order valence-corrected chi connectivity index (χ1v) is 9.51. The molecule has 8 heteroatoms. The van der Waals surface area contributed by atoms with Crippen LogP contribution in [-0.2, 0) is 16.0 Å². The number of ether oxygens (including phenoxy) is 1. The van der Waals surface area contributed by atoms with Gasteiger partial charge in [-0.3, -0.25) is 14.9 Å². The lowest BCUT2D eigenvalue weighted by molar-refractivity contribution is -0.122. The van der Waals surface area contributed by atoms with E-state index in [0.29, 0.717) is 21.2 Å². The molecule has 0 aromatic heterocycles. The lowest BCUT2D eigenvalue weighted by atomic mass is 10.0. The van der Waals surface area contributed by atoms with Crippen LogP contribution in [0, 0.1) is 3.57 Å². The summed E-state index contributed by atoms with van der Waals surface area (Å²) in [5.74, 6) is -1.30. The number of nitrogens with zero attached hydrogens (tertiary/aromatic N) is 1. The Kier molecular flexibility index (Phi) is 5.68. The van der Waals surface area contributed by atoms with Gasteiger partial charge in [-0.15, -0.1) is 0 Å². The van der Waals surface area contributed by atoms with Crippen molar-refractivity contribution in [2.45, 2.75) is 13.3 Å². The van der Waals surface area contributed by atoms with Crippen LogP contribution in [0.3, 0.4) is 0 Å². The van der Waals surface area contributed by atoms with Crippen molar-refractivity contribution in [2.75, 3.05) is 12.0 Å². The number of rotatable bonds is 4. The van der Waals surface area contributed by atoms with Crippen LogP contribution < -0.4 is 15.0 Å². The van der Waals surface area contributed by atoms with Crippen molar-refractivity contribution in [3.8, 4) is 11.5 Å². The monoisotopic (exact) mass is 492 g/mol. The summed E-state index contributed by atoms with van der Waals surface area (Å²) in [6.07, 6.45) is 1.99. The Balaban J connectivity index is 2.08. The van der Waals surface area contributed by atoms with E-state index in [-0.39, 0.29) is 17.1 Å². The molecule has 0 atom stereocenters. The minimum Gasteiger partial charge on any atom is -0.504 e. The van der Waals surface area contributed by atoms with E-state index in [0.717, 1.165) is 10.5 Å². The third-order valence-corrected chi connectivity index (χ3v) is 5.12. The Morgan fingerprint density at radius 1 is 1.21 bits per heavy atom. The maximum Gasteiger partial charge on any atom is 0.335 e. The molecule has 144 valence electrons. The Hall–Kier alpha value is -2.88. The average molecular weight is 492 g/mol. The molecule has 2 aromatic rings. The third kappa shape index (κ3) is 3.59. The van der Waals surface area contributed by atoms with Crippen LogP contribution in [0.15, 0.2) is 42.0 Å². The van der Waals surface area contributed by atoms with E-state index in [1.54, 1.807) is 18.2 Å². The largest absolute Gasteiger partial charge is 0.504 e. The van der Waals surface area contributed by atoms with Crippen LogP contribution in [-0.4, -0.2) is 30.1 Å². The van der Waals surface area contributed by atoms with Gasteiger partial charge in [0.15, 0.2) is 11.5 Å². The van der Waals surface area contributed by atoms with E-state index in [1.165, 1.54) is 19.3 Å². The van der Waals surface area contributed by atoms with Gasteiger partial charge in [0.25, 0.3) is 11.8 Å². The third-order valence-electron chi connectivity index (χ3n) is 4.30. The molecule has 0 saturated carbocycles. The van der Waals surface area contributed by atoms with E-state index in [4.69, 9.17) is 4.74 Å². The number of para-hydroxylation sites is 1. The highest BCUT2D eigenvalue weighted by atomic mass is 127. The predicted molar refractivity (Wildman–Crippen MR) is 112 cm³/mol. The number of aromatic hydroxyl groups is 1. The van der Waals surface area contributed by atoms with E-state index < -0.39 is 17.8 Å². The van der Waals surface area contributed by atoms with Crippen LogP contribution >= 0.6 is 22.6 Å². The summed E-state index contributed by atoms with van der Waals surface area (Å²) < 4.78 is 5.61. The molecule has 28 heavy (non-hydrogen) atoms. The van der Waals surface area contributed by atoms with Crippen LogP contribution in [0.2, 0.25) is 0 Å². The van der Waals surface area contributed by atoms with Crippen molar-refractivity contribution in [2.24, 2.45) is 0 Å². The number of carbonyl (C=O) groups excluding carboxylic acids is 3. The number of phenols is 1. The van der Waals surface area contributed by atoms with Crippen molar-refractivity contribution >= 4 is 52.2 Å². The quantitative estimate of drug-likeness (QED) is 0.388. The van der Waals surface area contributed by atoms with Gasteiger partial charge in [-0.05, 0) is 64.4 Å². The summed E-state index contributed by atoms with van der Waals surface area (Å²) in [5, 5.41) is 12.2. The van der Waals surface area contributed by atoms with E-state index >= 15 is 0 Å². The Morgan fingerprint density at radius 3 is 2.61 bits per heavy atom. The minimum absolute atomic E-state index is 0.0293. The summed E-state index contributed by atoms with van der Waals surface area (Å²) in [6, 6.07) is 9.35. The minimum atomic E-state index is -0.786. The molecule has 4 amide bonds. The van der Waals surface area contributed by atoms with Gasteiger partial charge in [-0.25, -0.2) is 9.69 Å². The second kappa shape index (κ2) is 8.01. The van der Waals surface area contributed by atoms with Crippen molar-refractivity contribution in [1.29, 1.82) is 0 Å². The first-order chi connectivity index (χ1) is 13.4. The number of benzene rings is 2. The van der Waals surface area contributed by atoms with Crippen molar-refractivity contribution < 1.29 is 24.2 Å². The molecule has 0 bridgehead atoms. The fourth-order valence-corrected chi connectivity index (χ4v) is 3.53. The number of hydrogen-bond donors (Lipinski definition) is 2. The average Bonchev–Trinajstić information content (AvgIpc) is 2.67. The van der Waals surface area contributed by atoms with Gasteiger partial charge in [0.05, 0.1) is 16.4 Å². The van der Waals surface area contributed by atoms with Gasteiger partial charge in [-0.2, -0.15) is 0 Å². The van der Waals surface area contributed by atoms with Crippen molar-refractivity contribution in [3.05, 3.63) is 56.7 Å². The summed E-state index contributed by atoms with van der Waals surface area (Å²) in [5.41, 5.74) is 1.54. The lowest BCUT2D eigenvalue weighted by Gasteiger charge is -2.28. The van der Waals surface area contributed by atoms with Crippen molar-refractivity contribution in [1.82, 2.24) is 5.32 Å². The fraction of sp³-hybridized carbons (Fsp3) is 0.150. The maximum absolute atomic E-state index is 13.0. The van der Waals surface area contributed by atoms with E-state index in [1.807, 2.05) is 41.6 Å². The zero-order valence-electron chi connectivity index (χ0n) is 15.2. The molecule has 3 rings (SSSR count). The van der Waals surface area contributed by atoms with E-state index in [9.17, 15) is 19.5 Å². The van der Waals surface area contributed by atoms with Crippen LogP contribution in [0.5, 0.6) is 11.5 Å². The molecule has 1 aliphatic heterocycles. The number of aryl methyl sites for hydroxylation is 1. The molecule has 0 aliphatic carbocycles. The number of carbonyl (C=O) groups is 3. The molecular weight excluding hydrogens is 475 g/mol. The van der Waals surface area contributed by atoms with Gasteiger partial charge < -0.3 is 9.84 Å². The molecule has 1 saturated heterocycles. The Bertz CT molecular complexity index is 1020. The summed E-state index contributed by atoms with van der Waals surface area (Å²) in [4.78, 5) is 38.7. The molecule has 2 aromatic carbocycles. The van der Waals surface area contributed by atoms with Gasteiger partial charge in [0.1, 0.15) is 5.57 Å². The standard InChI is InChI=1S/C20H17IN2O5/c1-3-12-6-4-5-7-15(12)23-19(26)13(18(25)22-20(23)27)8-11-9-14(21)17(24)16(10-11)28-2/h4-10,24H,3H2,1-2H3,(H,22,25,27)/b13-8+. The Morgan fingerprint density at radius 2 is 1.93 bits per heavy atom. The highest BCUT2D eigenvalue weighted by molar-refractivity contribution is 14.1. The van der Waals surface area contributed by atoms with Gasteiger partial charge in [0, 0.05) is 0 Å². The number of methoxy groups -OCH3 is 1. The number of imide groups is 2. The number of amides is 4. The van der Waals surface area contributed by atoms with Crippen LogP contribution in [0.4, 0.5) is 10.5 Å². The number of hydrogen-bond acceptors (Lipinski definition) is 5. The zero-order chi connectivity index (χ0) is 20.4. The molecule has 0 radical (unpaired) electrons. The maximum atomic E-state index is 13.0. The molecular formula is C20H17IN2O5.